The lowest BCUT2D eigenvalue weighted by Gasteiger charge is -2.14. The third-order valence-corrected chi connectivity index (χ3v) is 5.80. The zero-order chi connectivity index (χ0) is 19.4. The van der Waals surface area contributed by atoms with Crippen molar-refractivity contribution in [1.82, 2.24) is 14.8 Å². The highest BCUT2D eigenvalue weighted by Crippen LogP contribution is 2.37. The largest absolute Gasteiger partial charge is 0.298 e. The molecule has 138 valence electrons. The number of carbonyl (C=O) groups excluding carboxylic acids is 1. The molecule has 3 rings (SSSR count). The molecule has 0 spiro atoms. The minimum atomic E-state index is -0.368. The van der Waals surface area contributed by atoms with Crippen molar-refractivity contribution in [3.8, 4) is 11.4 Å². The monoisotopic (exact) mass is 417 g/mol. The Balaban J connectivity index is 2.02. The summed E-state index contributed by atoms with van der Waals surface area (Å²) >= 11 is 13.7. The van der Waals surface area contributed by atoms with Gasteiger partial charge in [-0.05, 0) is 30.7 Å². The molecule has 3 aromatic rings. The van der Waals surface area contributed by atoms with Gasteiger partial charge in [0.05, 0.1) is 10.3 Å². The highest BCUT2D eigenvalue weighted by Gasteiger charge is 2.23. The van der Waals surface area contributed by atoms with Gasteiger partial charge in [-0.3, -0.25) is 9.36 Å². The Morgan fingerprint density at radius 2 is 1.96 bits per heavy atom. The second-order valence-corrected chi connectivity index (χ2v) is 7.76. The Bertz CT molecular complexity index is 973. The molecule has 0 aliphatic carbocycles. The molecule has 0 radical (unpaired) electrons. The van der Waals surface area contributed by atoms with Crippen LogP contribution in [0.2, 0.25) is 10.0 Å². The van der Waals surface area contributed by atoms with Crippen LogP contribution in [0.15, 0.2) is 66.3 Å². The zero-order valence-electron chi connectivity index (χ0n) is 14.6. The minimum Gasteiger partial charge on any atom is -0.298 e. The van der Waals surface area contributed by atoms with Gasteiger partial charge in [0.25, 0.3) is 0 Å². The van der Waals surface area contributed by atoms with Crippen molar-refractivity contribution < 1.29 is 4.79 Å². The van der Waals surface area contributed by atoms with E-state index in [1.165, 1.54) is 11.8 Å². The summed E-state index contributed by atoms with van der Waals surface area (Å²) in [5, 5.41) is 9.91. The number of ketones is 1. The number of aromatic nitrogens is 3. The smallest absolute Gasteiger partial charge is 0.192 e. The van der Waals surface area contributed by atoms with E-state index in [2.05, 4.69) is 16.8 Å². The highest BCUT2D eigenvalue weighted by atomic mass is 35.5. The molecule has 7 heteroatoms. The van der Waals surface area contributed by atoms with Crippen LogP contribution in [-0.4, -0.2) is 20.5 Å². The zero-order valence-corrected chi connectivity index (χ0v) is 16.9. The number of halogens is 2. The summed E-state index contributed by atoms with van der Waals surface area (Å²) in [6, 6.07) is 14.9. The van der Waals surface area contributed by atoms with Crippen LogP contribution in [0.1, 0.15) is 17.7 Å². The van der Waals surface area contributed by atoms with E-state index < -0.39 is 0 Å². The Morgan fingerprint density at radius 1 is 1.22 bits per heavy atom. The van der Waals surface area contributed by atoms with E-state index in [1.54, 1.807) is 25.1 Å². The van der Waals surface area contributed by atoms with Gasteiger partial charge in [-0.15, -0.1) is 16.8 Å². The van der Waals surface area contributed by atoms with Gasteiger partial charge < -0.3 is 0 Å². The van der Waals surface area contributed by atoms with Crippen molar-refractivity contribution in [2.24, 2.45) is 0 Å². The molecule has 4 nitrogen and oxygen atoms in total. The molecule has 0 N–H and O–H groups in total. The first kappa shape index (κ1) is 19.7. The van der Waals surface area contributed by atoms with Gasteiger partial charge in [0.2, 0.25) is 0 Å². The van der Waals surface area contributed by atoms with Crippen molar-refractivity contribution in [3.63, 3.8) is 0 Å². The number of hydrogen-bond acceptors (Lipinski definition) is 4. The van der Waals surface area contributed by atoms with Gasteiger partial charge >= 0.3 is 0 Å². The number of thioether (sulfide) groups is 1. The Morgan fingerprint density at radius 3 is 2.59 bits per heavy atom. The van der Waals surface area contributed by atoms with Crippen molar-refractivity contribution in [2.75, 3.05) is 0 Å². The van der Waals surface area contributed by atoms with E-state index >= 15 is 0 Å². The fourth-order valence-electron chi connectivity index (χ4n) is 2.66. The first-order valence-electron chi connectivity index (χ1n) is 8.23. The van der Waals surface area contributed by atoms with E-state index in [1.807, 2.05) is 41.0 Å². The van der Waals surface area contributed by atoms with Gasteiger partial charge in [-0.2, -0.15) is 0 Å². The number of rotatable bonds is 7. The predicted molar refractivity (Wildman–Crippen MR) is 111 cm³/mol. The number of Topliss-reactive ketones (excluding diaryl/α,β-unsaturated/α-hetero) is 1. The third-order valence-electron chi connectivity index (χ3n) is 3.90. The van der Waals surface area contributed by atoms with Gasteiger partial charge in [-0.25, -0.2) is 0 Å². The summed E-state index contributed by atoms with van der Waals surface area (Å²) in [6.45, 7) is 5.88. The maximum Gasteiger partial charge on any atom is 0.192 e. The molecule has 0 fully saturated rings. The number of benzene rings is 2. The lowest BCUT2D eigenvalue weighted by atomic mass is 10.1. The molecular weight excluding hydrogens is 401 g/mol. The summed E-state index contributed by atoms with van der Waals surface area (Å²) in [7, 11) is 0. The number of carbonyl (C=O) groups is 1. The van der Waals surface area contributed by atoms with Crippen molar-refractivity contribution in [1.29, 1.82) is 0 Å². The number of hydrogen-bond donors (Lipinski definition) is 0. The van der Waals surface area contributed by atoms with Gasteiger partial charge in [0.1, 0.15) is 5.78 Å². The molecule has 27 heavy (non-hydrogen) atoms. The lowest BCUT2D eigenvalue weighted by molar-refractivity contribution is -0.116. The fourth-order valence-corrected chi connectivity index (χ4v) is 4.20. The normalized spacial score (nSPS) is 12.0. The molecule has 0 bridgehead atoms. The SMILES string of the molecule is C=CCn1c(SC(C(C)=O)c2ccccc2)nnc1-c1ccc(Cl)cc1Cl. The van der Waals surface area contributed by atoms with Crippen LogP contribution in [0, 0.1) is 0 Å². The predicted octanol–water partition coefficient (Wildman–Crippen LogP) is 5.86. The second-order valence-electron chi connectivity index (χ2n) is 5.85. The van der Waals surface area contributed by atoms with Crippen LogP contribution in [0.3, 0.4) is 0 Å². The minimum absolute atomic E-state index is 0.0467. The summed E-state index contributed by atoms with van der Waals surface area (Å²) in [5.41, 5.74) is 1.65. The molecule has 1 unspecified atom stereocenters. The average Bonchev–Trinajstić information content (AvgIpc) is 3.03. The quantitative estimate of drug-likeness (QED) is 0.356. The fraction of sp³-hybridized carbons (Fsp3) is 0.150. The van der Waals surface area contributed by atoms with E-state index in [0.717, 1.165) is 11.1 Å². The molecule has 0 amide bonds. The Kier molecular flexibility index (Phi) is 6.37. The maximum absolute atomic E-state index is 12.3. The number of nitrogens with zero attached hydrogens (tertiary/aromatic N) is 3. The van der Waals surface area contributed by atoms with E-state index in [-0.39, 0.29) is 11.0 Å². The summed E-state index contributed by atoms with van der Waals surface area (Å²) in [4.78, 5) is 12.3. The Labute approximate surface area is 172 Å². The van der Waals surface area contributed by atoms with Crippen LogP contribution >= 0.6 is 35.0 Å². The van der Waals surface area contributed by atoms with Gasteiger partial charge in [-0.1, -0.05) is 71.4 Å². The maximum atomic E-state index is 12.3. The topological polar surface area (TPSA) is 47.8 Å². The van der Waals surface area contributed by atoms with E-state index in [0.29, 0.717) is 27.6 Å². The van der Waals surface area contributed by atoms with Crippen LogP contribution in [0.5, 0.6) is 0 Å². The molecule has 1 atom stereocenters. The van der Waals surface area contributed by atoms with E-state index in [9.17, 15) is 4.79 Å². The summed E-state index contributed by atoms with van der Waals surface area (Å²) in [5.74, 6) is 0.653. The molecule has 2 aromatic carbocycles. The summed E-state index contributed by atoms with van der Waals surface area (Å²) < 4.78 is 1.89. The highest BCUT2D eigenvalue weighted by molar-refractivity contribution is 8.00. The van der Waals surface area contributed by atoms with Gasteiger partial charge in [0, 0.05) is 17.1 Å². The first-order chi connectivity index (χ1) is 13.0. The number of allylic oxidation sites excluding steroid dienone is 1. The van der Waals surface area contributed by atoms with Crippen LogP contribution in [0.25, 0.3) is 11.4 Å². The molecule has 0 aliphatic rings. The van der Waals surface area contributed by atoms with E-state index in [4.69, 9.17) is 23.2 Å². The Hall–Kier alpha value is -2.08. The second kappa shape index (κ2) is 8.74. The molecule has 1 aromatic heterocycles. The van der Waals surface area contributed by atoms with Crippen LogP contribution < -0.4 is 0 Å². The summed E-state index contributed by atoms with van der Waals surface area (Å²) in [6.07, 6.45) is 1.76. The molecular formula is C20H17Cl2N3OS. The standard InChI is InChI=1S/C20H17Cl2N3OS/c1-3-11-25-19(16-10-9-15(21)12-17(16)22)23-24-20(25)27-18(13(2)26)14-7-5-4-6-8-14/h3-10,12,18H,1,11H2,2H3. The van der Waals surface area contributed by atoms with Crippen molar-refractivity contribution in [2.45, 2.75) is 23.9 Å². The average molecular weight is 418 g/mol. The molecule has 0 saturated carbocycles. The van der Waals surface area contributed by atoms with Crippen LogP contribution in [-0.2, 0) is 11.3 Å². The van der Waals surface area contributed by atoms with Crippen LogP contribution in [0.4, 0.5) is 0 Å². The lowest BCUT2D eigenvalue weighted by Crippen LogP contribution is -2.08. The molecule has 0 saturated heterocycles. The first-order valence-corrected chi connectivity index (χ1v) is 9.86. The van der Waals surface area contributed by atoms with Crippen molar-refractivity contribution >= 4 is 40.7 Å². The van der Waals surface area contributed by atoms with Gasteiger partial charge in [0.15, 0.2) is 11.0 Å². The molecule has 0 aliphatic heterocycles. The molecule has 1 heterocycles. The third kappa shape index (κ3) is 4.43. The van der Waals surface area contributed by atoms with Crippen molar-refractivity contribution in [3.05, 3.63) is 76.8 Å².